The third-order valence-corrected chi connectivity index (χ3v) is 2.88. The molecule has 0 saturated carbocycles. The minimum absolute atomic E-state index is 0.184. The molecule has 0 aliphatic heterocycles. The summed E-state index contributed by atoms with van der Waals surface area (Å²) >= 11 is 0. The van der Waals surface area contributed by atoms with Gasteiger partial charge in [0.15, 0.2) is 0 Å². The lowest BCUT2D eigenvalue weighted by Gasteiger charge is -2.09. The van der Waals surface area contributed by atoms with Crippen LogP contribution in [0.25, 0.3) is 0 Å². The SMILES string of the molecule is Cc1ccc(F)c(C(=O)Nc2cccc(CO)c2)c1F. The van der Waals surface area contributed by atoms with Gasteiger partial charge in [0.25, 0.3) is 5.91 Å². The van der Waals surface area contributed by atoms with Crippen molar-refractivity contribution in [2.75, 3.05) is 5.32 Å². The normalized spacial score (nSPS) is 10.4. The van der Waals surface area contributed by atoms with Gasteiger partial charge in [-0.3, -0.25) is 4.79 Å². The van der Waals surface area contributed by atoms with E-state index in [0.29, 0.717) is 11.3 Å². The third-order valence-electron chi connectivity index (χ3n) is 2.88. The molecule has 0 aromatic heterocycles. The zero-order valence-corrected chi connectivity index (χ0v) is 10.8. The van der Waals surface area contributed by atoms with Crippen molar-refractivity contribution in [3.8, 4) is 0 Å². The summed E-state index contributed by atoms with van der Waals surface area (Å²) in [5.74, 6) is -2.65. The zero-order chi connectivity index (χ0) is 14.7. The van der Waals surface area contributed by atoms with Crippen LogP contribution in [0.2, 0.25) is 0 Å². The molecule has 3 nitrogen and oxygen atoms in total. The number of rotatable bonds is 3. The van der Waals surface area contributed by atoms with Gasteiger partial charge in [-0.2, -0.15) is 0 Å². The first-order valence-electron chi connectivity index (χ1n) is 5.98. The summed E-state index contributed by atoms with van der Waals surface area (Å²) in [5, 5.41) is 11.4. The first-order chi connectivity index (χ1) is 9.52. The molecule has 0 aliphatic carbocycles. The molecule has 2 aromatic rings. The summed E-state index contributed by atoms with van der Waals surface area (Å²) in [6.45, 7) is 1.27. The van der Waals surface area contributed by atoms with Gasteiger partial charge in [-0.15, -0.1) is 0 Å². The van der Waals surface area contributed by atoms with E-state index in [1.54, 1.807) is 18.2 Å². The number of hydrogen-bond donors (Lipinski definition) is 2. The van der Waals surface area contributed by atoms with Gasteiger partial charge in [-0.05, 0) is 36.2 Å². The Labute approximate surface area is 114 Å². The molecule has 2 N–H and O–H groups in total. The molecule has 0 aliphatic rings. The Balaban J connectivity index is 2.31. The molecule has 2 aromatic carbocycles. The van der Waals surface area contributed by atoms with Crippen LogP contribution >= 0.6 is 0 Å². The fraction of sp³-hybridized carbons (Fsp3) is 0.133. The van der Waals surface area contributed by atoms with Gasteiger partial charge in [0.05, 0.1) is 6.61 Å². The van der Waals surface area contributed by atoms with Crippen LogP contribution in [0, 0.1) is 18.6 Å². The van der Waals surface area contributed by atoms with Gasteiger partial charge in [0, 0.05) is 5.69 Å². The number of halogens is 2. The molecule has 0 fully saturated rings. The van der Waals surface area contributed by atoms with E-state index in [2.05, 4.69) is 5.32 Å². The molecule has 0 saturated heterocycles. The van der Waals surface area contributed by atoms with E-state index in [4.69, 9.17) is 5.11 Å². The molecule has 0 heterocycles. The molecule has 20 heavy (non-hydrogen) atoms. The first kappa shape index (κ1) is 14.1. The predicted molar refractivity (Wildman–Crippen MR) is 71.4 cm³/mol. The molecule has 5 heteroatoms. The summed E-state index contributed by atoms with van der Waals surface area (Å²) in [7, 11) is 0. The Morgan fingerprint density at radius 2 is 2.00 bits per heavy atom. The number of amides is 1. The third kappa shape index (κ3) is 2.83. The maximum Gasteiger partial charge on any atom is 0.261 e. The number of carbonyl (C=O) groups is 1. The lowest BCUT2D eigenvalue weighted by molar-refractivity contribution is 0.101. The van der Waals surface area contributed by atoms with Crippen LogP contribution in [0.1, 0.15) is 21.5 Å². The lowest BCUT2D eigenvalue weighted by Crippen LogP contribution is -2.16. The number of benzene rings is 2. The monoisotopic (exact) mass is 277 g/mol. The Kier molecular flexibility index (Phi) is 4.10. The minimum atomic E-state index is -0.913. The minimum Gasteiger partial charge on any atom is -0.392 e. The highest BCUT2D eigenvalue weighted by Crippen LogP contribution is 2.19. The summed E-state index contributed by atoms with van der Waals surface area (Å²) < 4.78 is 27.4. The Morgan fingerprint density at radius 1 is 1.25 bits per heavy atom. The molecule has 104 valence electrons. The highest BCUT2D eigenvalue weighted by molar-refractivity contribution is 6.04. The Hall–Kier alpha value is -2.27. The fourth-order valence-electron chi connectivity index (χ4n) is 1.81. The van der Waals surface area contributed by atoms with Gasteiger partial charge in [0.2, 0.25) is 0 Å². The second kappa shape index (κ2) is 5.79. The fourth-order valence-corrected chi connectivity index (χ4v) is 1.81. The number of nitrogens with one attached hydrogen (secondary N) is 1. The van der Waals surface area contributed by atoms with Gasteiger partial charge >= 0.3 is 0 Å². The van der Waals surface area contributed by atoms with Crippen molar-refractivity contribution in [3.63, 3.8) is 0 Å². The summed E-state index contributed by atoms with van der Waals surface area (Å²) in [4.78, 5) is 12.0. The van der Waals surface area contributed by atoms with Crippen LogP contribution in [0.4, 0.5) is 14.5 Å². The maximum atomic E-state index is 13.8. The van der Waals surface area contributed by atoms with Crippen molar-refractivity contribution in [2.24, 2.45) is 0 Å². The topological polar surface area (TPSA) is 49.3 Å². The van der Waals surface area contributed by atoms with Crippen molar-refractivity contribution in [2.45, 2.75) is 13.5 Å². The van der Waals surface area contributed by atoms with Crippen LogP contribution in [-0.4, -0.2) is 11.0 Å². The van der Waals surface area contributed by atoms with E-state index in [1.807, 2.05) is 0 Å². The van der Waals surface area contributed by atoms with Gasteiger partial charge in [-0.25, -0.2) is 8.78 Å². The Bertz CT molecular complexity index is 656. The molecule has 0 bridgehead atoms. The summed E-state index contributed by atoms with van der Waals surface area (Å²) in [6.07, 6.45) is 0. The van der Waals surface area contributed by atoms with E-state index in [-0.39, 0.29) is 12.2 Å². The zero-order valence-electron chi connectivity index (χ0n) is 10.8. The van der Waals surface area contributed by atoms with Crippen LogP contribution < -0.4 is 5.32 Å². The Morgan fingerprint density at radius 3 is 2.70 bits per heavy atom. The van der Waals surface area contributed by atoms with Gasteiger partial charge in [0.1, 0.15) is 17.2 Å². The van der Waals surface area contributed by atoms with E-state index in [9.17, 15) is 13.6 Å². The van der Waals surface area contributed by atoms with Crippen LogP contribution in [0.5, 0.6) is 0 Å². The van der Waals surface area contributed by atoms with Crippen molar-refractivity contribution in [1.82, 2.24) is 0 Å². The maximum absolute atomic E-state index is 13.8. The van der Waals surface area contributed by atoms with E-state index in [1.165, 1.54) is 19.1 Å². The van der Waals surface area contributed by atoms with E-state index in [0.717, 1.165) is 6.07 Å². The van der Waals surface area contributed by atoms with Crippen molar-refractivity contribution < 1.29 is 18.7 Å². The number of aliphatic hydroxyl groups is 1. The number of aryl methyl sites for hydroxylation is 1. The van der Waals surface area contributed by atoms with Crippen molar-refractivity contribution in [3.05, 3.63) is 64.7 Å². The number of carbonyl (C=O) groups excluding carboxylic acids is 1. The number of aliphatic hydroxyl groups excluding tert-OH is 1. The lowest BCUT2D eigenvalue weighted by atomic mass is 10.1. The van der Waals surface area contributed by atoms with Crippen LogP contribution in [-0.2, 0) is 6.61 Å². The largest absolute Gasteiger partial charge is 0.392 e. The predicted octanol–water partition coefficient (Wildman–Crippen LogP) is 3.02. The highest BCUT2D eigenvalue weighted by atomic mass is 19.1. The van der Waals surface area contributed by atoms with Crippen LogP contribution in [0.3, 0.4) is 0 Å². The van der Waals surface area contributed by atoms with Crippen LogP contribution in [0.15, 0.2) is 36.4 Å². The summed E-state index contributed by atoms with van der Waals surface area (Å²) in [6, 6.07) is 8.73. The summed E-state index contributed by atoms with van der Waals surface area (Å²) in [5.41, 5.74) is 0.537. The number of anilines is 1. The molecule has 0 spiro atoms. The highest BCUT2D eigenvalue weighted by Gasteiger charge is 2.19. The second-order valence-corrected chi connectivity index (χ2v) is 4.37. The molecular weight excluding hydrogens is 264 g/mol. The van der Waals surface area contributed by atoms with Crippen molar-refractivity contribution >= 4 is 11.6 Å². The number of hydrogen-bond acceptors (Lipinski definition) is 2. The first-order valence-corrected chi connectivity index (χ1v) is 5.98. The second-order valence-electron chi connectivity index (χ2n) is 4.37. The molecule has 1 amide bonds. The van der Waals surface area contributed by atoms with Gasteiger partial charge < -0.3 is 10.4 Å². The quantitative estimate of drug-likeness (QED) is 0.906. The molecule has 0 radical (unpaired) electrons. The van der Waals surface area contributed by atoms with E-state index < -0.39 is 23.1 Å². The van der Waals surface area contributed by atoms with Crippen molar-refractivity contribution in [1.29, 1.82) is 0 Å². The van der Waals surface area contributed by atoms with E-state index >= 15 is 0 Å². The molecular formula is C15H13F2NO2. The standard InChI is InChI=1S/C15H13F2NO2/c1-9-5-6-12(16)13(14(9)17)15(20)18-11-4-2-3-10(7-11)8-19/h2-7,19H,8H2,1H3,(H,18,20). The molecule has 2 rings (SSSR count). The molecule has 0 unspecified atom stereocenters. The van der Waals surface area contributed by atoms with Gasteiger partial charge in [-0.1, -0.05) is 18.2 Å². The molecule has 0 atom stereocenters. The average Bonchev–Trinajstić information content (AvgIpc) is 2.43. The smallest absolute Gasteiger partial charge is 0.261 e. The average molecular weight is 277 g/mol.